The van der Waals surface area contributed by atoms with Crippen molar-refractivity contribution in [1.82, 2.24) is 0 Å². The normalized spacial score (nSPS) is 10.5. The minimum absolute atomic E-state index is 0.119. The summed E-state index contributed by atoms with van der Waals surface area (Å²) >= 11 is 3.31. The summed E-state index contributed by atoms with van der Waals surface area (Å²) in [6.45, 7) is 3.93. The summed E-state index contributed by atoms with van der Waals surface area (Å²) in [7, 11) is 0. The molecule has 0 saturated heterocycles. The van der Waals surface area contributed by atoms with Gasteiger partial charge in [-0.15, -0.1) is 0 Å². The van der Waals surface area contributed by atoms with E-state index in [2.05, 4.69) is 21.2 Å². The van der Waals surface area contributed by atoms with Crippen molar-refractivity contribution in [3.8, 4) is 5.75 Å². The number of nitrogens with one attached hydrogen (secondary N) is 1. The van der Waals surface area contributed by atoms with Gasteiger partial charge in [0.15, 0.2) is 0 Å². The Labute approximate surface area is 132 Å². The van der Waals surface area contributed by atoms with E-state index >= 15 is 0 Å². The Morgan fingerprint density at radius 2 is 1.86 bits per heavy atom. The van der Waals surface area contributed by atoms with Gasteiger partial charge in [0, 0.05) is 15.8 Å². The smallest absolute Gasteiger partial charge is 0.257 e. The molecule has 0 unspecified atom stereocenters. The lowest BCUT2D eigenvalue weighted by atomic mass is 10.1. The van der Waals surface area contributed by atoms with Crippen LogP contribution in [0.5, 0.6) is 5.75 Å². The van der Waals surface area contributed by atoms with Gasteiger partial charge < -0.3 is 15.8 Å². The molecule has 0 bridgehead atoms. The molecule has 0 aliphatic rings. The topological polar surface area (TPSA) is 64.3 Å². The molecule has 21 heavy (non-hydrogen) atoms. The number of carbonyl (C=O) groups excluding carboxylic acids is 1. The van der Waals surface area contributed by atoms with Gasteiger partial charge in [-0.1, -0.05) is 15.9 Å². The Hall–Kier alpha value is -2.01. The van der Waals surface area contributed by atoms with E-state index in [9.17, 15) is 4.79 Å². The number of hydrogen-bond acceptors (Lipinski definition) is 3. The van der Waals surface area contributed by atoms with Crippen molar-refractivity contribution in [2.75, 3.05) is 11.1 Å². The summed E-state index contributed by atoms with van der Waals surface area (Å²) in [6.07, 6.45) is 0.119. The molecule has 0 saturated carbocycles. The van der Waals surface area contributed by atoms with E-state index in [1.165, 1.54) is 0 Å². The lowest BCUT2D eigenvalue weighted by molar-refractivity contribution is 0.102. The van der Waals surface area contributed by atoms with Gasteiger partial charge in [0.2, 0.25) is 0 Å². The second kappa shape index (κ2) is 6.63. The number of nitrogens with two attached hydrogens (primary N) is 1. The maximum atomic E-state index is 12.2. The molecule has 0 fully saturated rings. The van der Waals surface area contributed by atoms with E-state index < -0.39 is 0 Å². The summed E-state index contributed by atoms with van der Waals surface area (Å²) in [5.74, 6) is 0.531. The third-order valence-electron chi connectivity index (χ3n) is 2.74. The van der Waals surface area contributed by atoms with Crippen molar-refractivity contribution in [3.63, 3.8) is 0 Å². The summed E-state index contributed by atoms with van der Waals surface area (Å²) in [5.41, 5.74) is 7.41. The van der Waals surface area contributed by atoms with Crippen molar-refractivity contribution in [2.45, 2.75) is 20.0 Å². The number of hydrogen-bond donors (Lipinski definition) is 2. The van der Waals surface area contributed by atoms with Gasteiger partial charge in [0.25, 0.3) is 5.91 Å². The molecule has 0 spiro atoms. The molecule has 2 rings (SSSR count). The molecule has 0 aromatic heterocycles. The van der Waals surface area contributed by atoms with Crippen LogP contribution in [0.2, 0.25) is 0 Å². The maximum absolute atomic E-state index is 12.2. The van der Waals surface area contributed by atoms with Gasteiger partial charge >= 0.3 is 0 Å². The van der Waals surface area contributed by atoms with Gasteiger partial charge in [-0.2, -0.15) is 0 Å². The van der Waals surface area contributed by atoms with Gasteiger partial charge in [0.1, 0.15) is 5.75 Å². The first kappa shape index (κ1) is 15.4. The molecule has 2 aromatic carbocycles. The molecule has 3 N–H and O–H groups in total. The second-order valence-corrected chi connectivity index (χ2v) is 5.79. The second-order valence-electron chi connectivity index (χ2n) is 4.88. The van der Waals surface area contributed by atoms with Gasteiger partial charge in [0.05, 0.1) is 11.7 Å². The van der Waals surface area contributed by atoms with Crippen molar-refractivity contribution in [2.24, 2.45) is 0 Å². The zero-order valence-electron chi connectivity index (χ0n) is 11.9. The van der Waals surface area contributed by atoms with Crippen LogP contribution in [0, 0.1) is 0 Å². The molecule has 0 aliphatic carbocycles. The molecule has 5 heteroatoms. The summed E-state index contributed by atoms with van der Waals surface area (Å²) in [5, 5.41) is 2.81. The zero-order chi connectivity index (χ0) is 15.4. The van der Waals surface area contributed by atoms with E-state index in [1.807, 2.05) is 26.0 Å². The van der Waals surface area contributed by atoms with E-state index in [-0.39, 0.29) is 12.0 Å². The first-order chi connectivity index (χ1) is 9.95. The van der Waals surface area contributed by atoms with E-state index in [0.29, 0.717) is 16.9 Å². The van der Waals surface area contributed by atoms with Crippen LogP contribution in [0.15, 0.2) is 46.9 Å². The Morgan fingerprint density at radius 3 is 2.43 bits per heavy atom. The van der Waals surface area contributed by atoms with Crippen LogP contribution in [-0.2, 0) is 0 Å². The number of anilines is 2. The molecule has 0 heterocycles. The number of benzene rings is 2. The third kappa shape index (κ3) is 4.23. The fraction of sp³-hybridized carbons (Fsp3) is 0.188. The maximum Gasteiger partial charge on any atom is 0.257 e. The molecule has 0 atom stereocenters. The minimum atomic E-state index is -0.238. The van der Waals surface area contributed by atoms with Crippen molar-refractivity contribution >= 4 is 33.2 Å². The highest BCUT2D eigenvalue weighted by Crippen LogP contribution is 2.21. The van der Waals surface area contributed by atoms with Crippen LogP contribution in [0.25, 0.3) is 0 Å². The van der Waals surface area contributed by atoms with Crippen molar-refractivity contribution in [1.29, 1.82) is 0 Å². The summed E-state index contributed by atoms with van der Waals surface area (Å²) in [6, 6.07) is 12.4. The zero-order valence-corrected chi connectivity index (χ0v) is 13.5. The third-order valence-corrected chi connectivity index (χ3v) is 3.24. The number of nitrogen functional groups attached to an aromatic ring is 1. The number of rotatable bonds is 4. The lowest BCUT2D eigenvalue weighted by Gasteiger charge is -2.11. The first-order valence-corrected chi connectivity index (χ1v) is 7.38. The summed E-state index contributed by atoms with van der Waals surface area (Å²) in [4.78, 5) is 12.2. The molecule has 2 aromatic rings. The molecular weight excluding hydrogens is 332 g/mol. The molecule has 0 aliphatic heterocycles. The van der Waals surface area contributed by atoms with Gasteiger partial charge in [-0.25, -0.2) is 0 Å². The van der Waals surface area contributed by atoms with E-state index in [1.54, 1.807) is 30.3 Å². The van der Waals surface area contributed by atoms with Gasteiger partial charge in [-0.3, -0.25) is 4.79 Å². The Kier molecular flexibility index (Phi) is 4.85. The SMILES string of the molecule is CC(C)Oc1ccc(NC(=O)c2ccc(Br)cc2N)cc1. The lowest BCUT2D eigenvalue weighted by Crippen LogP contribution is -2.14. The monoisotopic (exact) mass is 348 g/mol. The Morgan fingerprint density at radius 1 is 1.19 bits per heavy atom. The minimum Gasteiger partial charge on any atom is -0.491 e. The van der Waals surface area contributed by atoms with Crippen molar-refractivity contribution in [3.05, 3.63) is 52.5 Å². The average Bonchev–Trinajstić information content (AvgIpc) is 2.40. The Balaban J connectivity index is 2.08. The predicted octanol–water partition coefficient (Wildman–Crippen LogP) is 4.07. The van der Waals surface area contributed by atoms with Crippen LogP contribution in [-0.4, -0.2) is 12.0 Å². The molecule has 0 radical (unpaired) electrons. The summed E-state index contributed by atoms with van der Waals surface area (Å²) < 4.78 is 6.39. The fourth-order valence-electron chi connectivity index (χ4n) is 1.83. The van der Waals surface area contributed by atoms with E-state index in [0.717, 1.165) is 10.2 Å². The quantitative estimate of drug-likeness (QED) is 0.818. The standard InChI is InChI=1S/C16H17BrN2O2/c1-10(2)21-13-6-4-12(5-7-13)19-16(20)14-8-3-11(17)9-15(14)18/h3-10H,18H2,1-2H3,(H,19,20). The fourth-order valence-corrected chi connectivity index (χ4v) is 2.21. The first-order valence-electron chi connectivity index (χ1n) is 6.59. The highest BCUT2D eigenvalue weighted by molar-refractivity contribution is 9.10. The molecule has 1 amide bonds. The number of carbonyl (C=O) groups is 1. The van der Waals surface area contributed by atoms with Crippen LogP contribution in [0.4, 0.5) is 11.4 Å². The van der Waals surface area contributed by atoms with Crippen molar-refractivity contribution < 1.29 is 9.53 Å². The highest BCUT2D eigenvalue weighted by Gasteiger charge is 2.10. The van der Waals surface area contributed by atoms with Crippen LogP contribution < -0.4 is 15.8 Å². The largest absolute Gasteiger partial charge is 0.491 e. The molecule has 110 valence electrons. The highest BCUT2D eigenvalue weighted by atomic mass is 79.9. The van der Waals surface area contributed by atoms with Crippen LogP contribution in [0.1, 0.15) is 24.2 Å². The number of ether oxygens (including phenoxy) is 1. The van der Waals surface area contributed by atoms with Crippen LogP contribution >= 0.6 is 15.9 Å². The average molecular weight is 349 g/mol. The van der Waals surface area contributed by atoms with E-state index in [4.69, 9.17) is 10.5 Å². The van der Waals surface area contributed by atoms with Gasteiger partial charge in [-0.05, 0) is 56.3 Å². The molecule has 4 nitrogen and oxygen atoms in total. The number of amides is 1. The number of halogens is 1. The van der Waals surface area contributed by atoms with Crippen LogP contribution in [0.3, 0.4) is 0 Å². The molecular formula is C16H17BrN2O2. The Bertz CT molecular complexity index is 639. The predicted molar refractivity (Wildman–Crippen MR) is 88.7 cm³/mol.